The Kier molecular flexibility index (Phi) is 9.81. The first-order valence-electron chi connectivity index (χ1n) is 13.8. The van der Waals surface area contributed by atoms with Crippen molar-refractivity contribution in [2.45, 2.75) is 63.7 Å². The number of aryl methyl sites for hydroxylation is 2. The second-order valence-electron chi connectivity index (χ2n) is 11.0. The van der Waals surface area contributed by atoms with E-state index in [9.17, 15) is 9.59 Å². The summed E-state index contributed by atoms with van der Waals surface area (Å²) in [5.74, 6) is 0.0748. The summed E-state index contributed by atoms with van der Waals surface area (Å²) < 4.78 is 2.04. The van der Waals surface area contributed by atoms with Crippen LogP contribution in [0.5, 0.6) is 0 Å². The number of hydrogen-bond donors (Lipinski definition) is 2. The van der Waals surface area contributed by atoms with E-state index in [0.29, 0.717) is 18.3 Å². The molecule has 2 fully saturated rings. The molecule has 2 heterocycles. The number of piperidine rings is 1. The molecule has 1 saturated carbocycles. The normalized spacial score (nSPS) is 21.3. The number of halogens is 3. The first-order chi connectivity index (χ1) is 19.3. The zero-order valence-electron chi connectivity index (χ0n) is 22.2. The Morgan fingerprint density at radius 1 is 1.07 bits per heavy atom. The van der Waals surface area contributed by atoms with Gasteiger partial charge in [0.25, 0.3) is 0 Å². The molecule has 40 heavy (non-hydrogen) atoms. The van der Waals surface area contributed by atoms with Crippen LogP contribution in [0.15, 0.2) is 38.4 Å². The van der Waals surface area contributed by atoms with E-state index in [1.54, 1.807) is 0 Å². The standard InChI is InChI=1S/C29H33Br2ClN4O4/c30-21-12-20-4-3-19-13-22(32)14-24(31)27(19)28(29(20)33-15-21)18-7-9-36(10-8-18)25(37)11-17-1-5-23(6-2-17)34-35-40-16-26(38)39/h12-15,17-18,28,35H,1-11,16H2,(H,38,39). The molecule has 3 aliphatic rings. The molecule has 2 aliphatic carbocycles. The van der Waals surface area contributed by atoms with Gasteiger partial charge in [0.05, 0.1) is 5.69 Å². The average Bonchev–Trinajstić information content (AvgIpc) is 3.09. The number of nitrogens with zero attached hydrogens (tertiary/aromatic N) is 3. The van der Waals surface area contributed by atoms with Crippen molar-refractivity contribution in [1.82, 2.24) is 15.5 Å². The second kappa shape index (κ2) is 13.3. The lowest BCUT2D eigenvalue weighted by Crippen LogP contribution is -2.41. The lowest BCUT2D eigenvalue weighted by atomic mass is 9.76. The Morgan fingerprint density at radius 3 is 2.52 bits per heavy atom. The van der Waals surface area contributed by atoms with Gasteiger partial charge in [-0.2, -0.15) is 10.7 Å². The highest BCUT2D eigenvalue weighted by atomic mass is 79.9. The number of fused-ring (bicyclic) bond motifs is 2. The summed E-state index contributed by atoms with van der Waals surface area (Å²) in [5.41, 5.74) is 8.32. The summed E-state index contributed by atoms with van der Waals surface area (Å²) in [4.78, 5) is 35.5. The van der Waals surface area contributed by atoms with Gasteiger partial charge >= 0.3 is 5.97 Å². The maximum atomic E-state index is 13.3. The minimum atomic E-state index is -1.05. The lowest BCUT2D eigenvalue weighted by molar-refractivity contribution is -0.145. The van der Waals surface area contributed by atoms with Crippen molar-refractivity contribution in [3.8, 4) is 0 Å². The van der Waals surface area contributed by atoms with Crippen molar-refractivity contribution < 1.29 is 19.5 Å². The van der Waals surface area contributed by atoms with Gasteiger partial charge in [-0.15, -0.1) is 0 Å². The average molecular weight is 697 g/mol. The van der Waals surface area contributed by atoms with Crippen molar-refractivity contribution in [3.05, 3.63) is 60.7 Å². The maximum absolute atomic E-state index is 13.3. The van der Waals surface area contributed by atoms with Gasteiger partial charge in [-0.3, -0.25) is 9.78 Å². The summed E-state index contributed by atoms with van der Waals surface area (Å²) >= 11 is 13.9. The number of nitrogens with one attached hydrogen (secondary N) is 1. The Hall–Kier alpha value is -2.01. The van der Waals surface area contributed by atoms with Crippen molar-refractivity contribution in [3.63, 3.8) is 0 Å². The van der Waals surface area contributed by atoms with Crippen molar-refractivity contribution in [2.24, 2.45) is 16.9 Å². The molecule has 2 aromatic rings. The molecule has 1 aliphatic heterocycles. The molecule has 0 spiro atoms. The van der Waals surface area contributed by atoms with E-state index in [2.05, 4.69) is 54.7 Å². The first kappa shape index (κ1) is 29.5. The van der Waals surface area contributed by atoms with Crippen molar-refractivity contribution >= 4 is 61.0 Å². The number of aliphatic carboxylic acids is 1. The molecule has 11 heteroatoms. The molecule has 0 radical (unpaired) electrons. The molecule has 1 atom stereocenters. The molecule has 0 bridgehead atoms. The highest BCUT2D eigenvalue weighted by Crippen LogP contribution is 2.46. The highest BCUT2D eigenvalue weighted by Gasteiger charge is 2.36. The number of benzene rings is 1. The Bertz CT molecular complexity index is 1290. The summed E-state index contributed by atoms with van der Waals surface area (Å²) in [5, 5.41) is 13.5. The monoisotopic (exact) mass is 694 g/mol. The van der Waals surface area contributed by atoms with E-state index in [0.717, 1.165) is 89.8 Å². The van der Waals surface area contributed by atoms with Gasteiger partial charge in [0, 0.05) is 51.3 Å². The van der Waals surface area contributed by atoms with Gasteiger partial charge in [0.2, 0.25) is 5.91 Å². The number of likely N-dealkylation sites (tertiary alicyclic amines) is 1. The minimum Gasteiger partial charge on any atom is -0.479 e. The summed E-state index contributed by atoms with van der Waals surface area (Å²) in [6, 6.07) is 6.30. The fourth-order valence-corrected chi connectivity index (χ4v) is 7.91. The van der Waals surface area contributed by atoms with Crippen LogP contribution in [0.3, 0.4) is 0 Å². The zero-order valence-corrected chi connectivity index (χ0v) is 26.1. The Labute approximate surface area is 256 Å². The van der Waals surface area contributed by atoms with Crippen LogP contribution in [0.1, 0.15) is 73.2 Å². The van der Waals surface area contributed by atoms with Crippen molar-refractivity contribution in [2.75, 3.05) is 19.7 Å². The molecule has 1 unspecified atom stereocenters. The van der Waals surface area contributed by atoms with Crippen LogP contribution in [-0.2, 0) is 27.3 Å². The molecule has 5 rings (SSSR count). The van der Waals surface area contributed by atoms with E-state index in [-0.39, 0.29) is 11.8 Å². The predicted molar refractivity (Wildman–Crippen MR) is 160 cm³/mol. The van der Waals surface area contributed by atoms with Crippen LogP contribution in [0.25, 0.3) is 0 Å². The number of amides is 1. The van der Waals surface area contributed by atoms with E-state index < -0.39 is 12.6 Å². The maximum Gasteiger partial charge on any atom is 0.332 e. The van der Waals surface area contributed by atoms with E-state index in [1.807, 2.05) is 17.2 Å². The van der Waals surface area contributed by atoms with Crippen LogP contribution in [0, 0.1) is 11.8 Å². The number of carbonyl (C=O) groups excluding carboxylic acids is 1. The largest absolute Gasteiger partial charge is 0.479 e. The molecular weight excluding hydrogens is 664 g/mol. The highest BCUT2D eigenvalue weighted by molar-refractivity contribution is 9.10. The number of carboxylic acids is 1. The third-order valence-electron chi connectivity index (χ3n) is 8.39. The smallest absolute Gasteiger partial charge is 0.332 e. The third-order valence-corrected chi connectivity index (χ3v) is 9.70. The van der Waals surface area contributed by atoms with E-state index in [1.165, 1.54) is 16.7 Å². The molecule has 2 N–H and O–H groups in total. The number of carboxylic acid groups (broad SMARTS) is 1. The number of hydrazone groups is 1. The zero-order chi connectivity index (χ0) is 28.2. The van der Waals surface area contributed by atoms with Crippen molar-refractivity contribution in [1.29, 1.82) is 0 Å². The van der Waals surface area contributed by atoms with Gasteiger partial charge < -0.3 is 10.0 Å². The van der Waals surface area contributed by atoms with E-state index in [4.69, 9.17) is 26.5 Å². The van der Waals surface area contributed by atoms with Gasteiger partial charge in [0.1, 0.15) is 0 Å². The minimum absolute atomic E-state index is 0.161. The summed E-state index contributed by atoms with van der Waals surface area (Å²) in [6.45, 7) is 1.08. The van der Waals surface area contributed by atoms with Gasteiger partial charge in [0.15, 0.2) is 6.61 Å². The van der Waals surface area contributed by atoms with Gasteiger partial charge in [-0.25, -0.2) is 9.63 Å². The molecular formula is C29H33Br2ClN4O4. The molecule has 1 aromatic heterocycles. The number of rotatable bonds is 7. The fraction of sp³-hybridized carbons (Fsp3) is 0.517. The number of pyridine rings is 1. The lowest BCUT2D eigenvalue weighted by Gasteiger charge is -2.37. The van der Waals surface area contributed by atoms with E-state index >= 15 is 0 Å². The number of carbonyl (C=O) groups is 2. The molecule has 214 valence electrons. The van der Waals surface area contributed by atoms with Crippen LogP contribution >= 0.6 is 43.5 Å². The summed E-state index contributed by atoms with van der Waals surface area (Å²) in [7, 11) is 0. The fourth-order valence-electron chi connectivity index (χ4n) is 6.41. The van der Waals surface area contributed by atoms with Gasteiger partial charge in [-0.05, 0) is 114 Å². The van der Waals surface area contributed by atoms with Crippen LogP contribution in [0.4, 0.5) is 0 Å². The predicted octanol–water partition coefficient (Wildman–Crippen LogP) is 6.27. The van der Waals surface area contributed by atoms with Gasteiger partial charge in [-0.1, -0.05) is 27.5 Å². The molecule has 1 amide bonds. The van der Waals surface area contributed by atoms with Crippen LogP contribution < -0.4 is 5.59 Å². The van der Waals surface area contributed by atoms with Crippen LogP contribution in [0.2, 0.25) is 5.02 Å². The SMILES string of the molecule is O=C(O)CONN=C1CCC(CC(=O)N2CCC(C3c4ncc(Br)cc4CCc4cc(Cl)cc(Br)c43)CC2)CC1. The topological polar surface area (TPSA) is 104 Å². The second-order valence-corrected chi connectivity index (χ2v) is 13.2. The van der Waals surface area contributed by atoms with Crippen LogP contribution in [-0.4, -0.2) is 52.3 Å². The number of hydrogen-bond acceptors (Lipinski definition) is 6. The Balaban J connectivity index is 1.20. The molecule has 1 aromatic carbocycles. The third kappa shape index (κ3) is 7.06. The number of aromatic nitrogens is 1. The first-order valence-corrected chi connectivity index (χ1v) is 15.8. The molecule has 8 nitrogen and oxygen atoms in total. The quantitative estimate of drug-likeness (QED) is 0.261. The molecule has 1 saturated heterocycles. The summed E-state index contributed by atoms with van der Waals surface area (Å²) in [6.07, 6.45) is 9.55. The Morgan fingerprint density at radius 2 is 1.80 bits per heavy atom.